The fourth-order valence-electron chi connectivity index (χ4n) is 2.23. The molecule has 1 unspecified atom stereocenters. The molecular formula is C14H14BrNO5. The molecule has 1 aliphatic heterocycles. The highest BCUT2D eigenvalue weighted by atomic mass is 79.9. The average Bonchev–Trinajstić information content (AvgIpc) is 2.88. The number of esters is 2. The molecule has 0 aromatic heterocycles. The molecular weight excluding hydrogens is 342 g/mol. The first-order chi connectivity index (χ1) is 9.97. The molecule has 1 saturated heterocycles. The molecule has 7 heteroatoms. The normalized spacial score (nSPS) is 17.8. The number of carbonyl (C=O) groups is 3. The second kappa shape index (κ2) is 6.26. The summed E-state index contributed by atoms with van der Waals surface area (Å²) in [4.78, 5) is 36.7. The van der Waals surface area contributed by atoms with E-state index in [9.17, 15) is 14.4 Å². The summed E-state index contributed by atoms with van der Waals surface area (Å²) in [7, 11) is 2.58. The van der Waals surface area contributed by atoms with E-state index in [4.69, 9.17) is 0 Å². The van der Waals surface area contributed by atoms with Gasteiger partial charge in [0.2, 0.25) is 5.91 Å². The molecule has 0 bridgehead atoms. The van der Waals surface area contributed by atoms with Gasteiger partial charge >= 0.3 is 11.9 Å². The predicted octanol–water partition coefficient (Wildman–Crippen LogP) is 1.76. The second-order valence-electron chi connectivity index (χ2n) is 4.59. The fraction of sp³-hybridized carbons (Fsp3) is 0.357. The number of carbonyl (C=O) groups excluding carboxylic acids is 3. The molecule has 1 aliphatic rings. The molecule has 6 nitrogen and oxygen atoms in total. The molecule has 2 rings (SSSR count). The Morgan fingerprint density at radius 2 is 2.00 bits per heavy atom. The van der Waals surface area contributed by atoms with E-state index in [0.29, 0.717) is 15.7 Å². The van der Waals surface area contributed by atoms with Crippen LogP contribution in [0.4, 0.5) is 5.69 Å². The van der Waals surface area contributed by atoms with Gasteiger partial charge in [0, 0.05) is 17.4 Å². The summed E-state index contributed by atoms with van der Waals surface area (Å²) in [5, 5.41) is 0. The third-order valence-corrected chi connectivity index (χ3v) is 3.99. The van der Waals surface area contributed by atoms with Gasteiger partial charge < -0.3 is 14.4 Å². The summed E-state index contributed by atoms with van der Waals surface area (Å²) in [6.07, 6.45) is 0.0988. The van der Waals surface area contributed by atoms with Gasteiger partial charge in [-0.1, -0.05) is 0 Å². The number of hydrogen-bond acceptors (Lipinski definition) is 5. The van der Waals surface area contributed by atoms with Crippen LogP contribution in [0.15, 0.2) is 22.7 Å². The number of nitrogens with zero attached hydrogens (tertiary/aromatic N) is 1. The highest BCUT2D eigenvalue weighted by Gasteiger charge is 2.36. The zero-order valence-electron chi connectivity index (χ0n) is 11.6. The minimum atomic E-state index is -0.490. The summed E-state index contributed by atoms with van der Waals surface area (Å²) in [5.41, 5.74) is 0.874. The number of rotatable bonds is 3. The van der Waals surface area contributed by atoms with Crippen molar-refractivity contribution in [1.29, 1.82) is 0 Å². The first-order valence-electron chi connectivity index (χ1n) is 6.24. The largest absolute Gasteiger partial charge is 0.469 e. The van der Waals surface area contributed by atoms with Crippen LogP contribution in [0.3, 0.4) is 0 Å². The lowest BCUT2D eigenvalue weighted by Crippen LogP contribution is -2.26. The maximum Gasteiger partial charge on any atom is 0.337 e. The van der Waals surface area contributed by atoms with Gasteiger partial charge in [-0.25, -0.2) is 4.79 Å². The van der Waals surface area contributed by atoms with Crippen molar-refractivity contribution in [2.45, 2.75) is 6.42 Å². The third-order valence-electron chi connectivity index (χ3n) is 3.32. The monoisotopic (exact) mass is 355 g/mol. The summed E-state index contributed by atoms with van der Waals surface area (Å²) >= 11 is 3.35. The van der Waals surface area contributed by atoms with Gasteiger partial charge in [-0.3, -0.25) is 9.59 Å². The quantitative estimate of drug-likeness (QED) is 0.772. The van der Waals surface area contributed by atoms with Gasteiger partial charge in [-0.15, -0.1) is 0 Å². The Hall–Kier alpha value is -1.89. The Morgan fingerprint density at radius 3 is 2.62 bits per heavy atom. The number of hydrogen-bond donors (Lipinski definition) is 0. The first kappa shape index (κ1) is 15.5. The first-order valence-corrected chi connectivity index (χ1v) is 7.03. The van der Waals surface area contributed by atoms with E-state index in [1.54, 1.807) is 18.2 Å². The number of benzene rings is 1. The van der Waals surface area contributed by atoms with E-state index in [1.165, 1.54) is 19.1 Å². The number of halogens is 1. The molecule has 0 radical (unpaired) electrons. The molecule has 1 aromatic rings. The molecule has 1 aromatic carbocycles. The van der Waals surface area contributed by atoms with E-state index in [2.05, 4.69) is 25.4 Å². The molecule has 1 atom stereocenters. The number of amides is 1. The molecule has 1 heterocycles. The maximum absolute atomic E-state index is 12.1. The van der Waals surface area contributed by atoms with Crippen molar-refractivity contribution in [3.8, 4) is 0 Å². The van der Waals surface area contributed by atoms with Crippen molar-refractivity contribution >= 4 is 39.5 Å². The van der Waals surface area contributed by atoms with E-state index in [0.717, 1.165) is 0 Å². The van der Waals surface area contributed by atoms with Crippen molar-refractivity contribution in [1.82, 2.24) is 0 Å². The smallest absolute Gasteiger partial charge is 0.337 e. The lowest BCUT2D eigenvalue weighted by atomic mass is 10.1. The van der Waals surface area contributed by atoms with Crippen LogP contribution in [-0.4, -0.2) is 38.6 Å². The zero-order valence-corrected chi connectivity index (χ0v) is 13.2. The minimum Gasteiger partial charge on any atom is -0.469 e. The summed E-state index contributed by atoms with van der Waals surface area (Å²) in [5.74, 6) is -1.57. The summed E-state index contributed by atoms with van der Waals surface area (Å²) in [6.45, 7) is 0.231. The van der Waals surface area contributed by atoms with Crippen LogP contribution in [0.25, 0.3) is 0 Å². The summed E-state index contributed by atoms with van der Waals surface area (Å²) < 4.78 is 10.00. The van der Waals surface area contributed by atoms with Crippen molar-refractivity contribution in [3.63, 3.8) is 0 Å². The zero-order chi connectivity index (χ0) is 15.6. The van der Waals surface area contributed by atoms with Crippen molar-refractivity contribution in [2.24, 2.45) is 5.92 Å². The second-order valence-corrected chi connectivity index (χ2v) is 5.44. The molecule has 1 amide bonds. The van der Waals surface area contributed by atoms with Crippen LogP contribution in [0.5, 0.6) is 0 Å². The minimum absolute atomic E-state index is 0.0988. The topological polar surface area (TPSA) is 72.9 Å². The number of anilines is 1. The molecule has 0 spiro atoms. The van der Waals surface area contributed by atoms with E-state index in [-0.39, 0.29) is 18.9 Å². The lowest BCUT2D eigenvalue weighted by molar-refractivity contribution is -0.145. The Bertz CT molecular complexity index is 601. The van der Waals surface area contributed by atoms with Gasteiger partial charge in [0.1, 0.15) is 0 Å². The maximum atomic E-state index is 12.1. The highest BCUT2D eigenvalue weighted by molar-refractivity contribution is 9.10. The molecule has 112 valence electrons. The van der Waals surface area contributed by atoms with Crippen LogP contribution in [0, 0.1) is 5.92 Å². The Kier molecular flexibility index (Phi) is 4.62. The third kappa shape index (κ3) is 3.07. The van der Waals surface area contributed by atoms with Crippen LogP contribution in [0.2, 0.25) is 0 Å². The molecule has 1 fully saturated rings. The highest BCUT2D eigenvalue weighted by Crippen LogP contribution is 2.32. The van der Waals surface area contributed by atoms with Crippen molar-refractivity contribution in [2.75, 3.05) is 25.7 Å². The van der Waals surface area contributed by atoms with Crippen molar-refractivity contribution < 1.29 is 23.9 Å². The van der Waals surface area contributed by atoms with Crippen LogP contribution in [-0.2, 0) is 19.1 Å². The van der Waals surface area contributed by atoms with Gasteiger partial charge in [0.15, 0.2) is 0 Å². The van der Waals surface area contributed by atoms with Crippen LogP contribution >= 0.6 is 15.9 Å². The summed E-state index contributed by atoms with van der Waals surface area (Å²) in [6, 6.07) is 4.82. The predicted molar refractivity (Wildman–Crippen MR) is 78.0 cm³/mol. The Morgan fingerprint density at radius 1 is 1.29 bits per heavy atom. The molecule has 0 N–H and O–H groups in total. The lowest BCUT2D eigenvalue weighted by Gasteiger charge is -2.18. The molecule has 0 saturated carbocycles. The van der Waals surface area contributed by atoms with Gasteiger partial charge in [-0.05, 0) is 34.1 Å². The van der Waals surface area contributed by atoms with E-state index >= 15 is 0 Å². The van der Waals surface area contributed by atoms with Crippen LogP contribution in [0.1, 0.15) is 16.8 Å². The van der Waals surface area contributed by atoms with Gasteiger partial charge in [0.05, 0.1) is 31.4 Å². The number of ether oxygens (including phenoxy) is 2. The SMILES string of the molecule is COC(=O)c1ccc(Br)c(N2CC(C(=O)OC)CC2=O)c1. The van der Waals surface area contributed by atoms with E-state index in [1.807, 2.05) is 0 Å². The van der Waals surface area contributed by atoms with Gasteiger partial charge in [-0.2, -0.15) is 0 Å². The number of methoxy groups -OCH3 is 2. The fourth-order valence-corrected chi connectivity index (χ4v) is 2.69. The van der Waals surface area contributed by atoms with Crippen molar-refractivity contribution in [3.05, 3.63) is 28.2 Å². The van der Waals surface area contributed by atoms with Crippen LogP contribution < -0.4 is 4.90 Å². The Balaban J connectivity index is 2.31. The van der Waals surface area contributed by atoms with E-state index < -0.39 is 17.9 Å². The Labute approximate surface area is 130 Å². The molecule has 21 heavy (non-hydrogen) atoms. The standard InChI is InChI=1S/C14H14BrNO5/c1-20-13(18)8-3-4-10(15)11(5-8)16-7-9(6-12(16)17)14(19)21-2/h3-5,9H,6-7H2,1-2H3. The van der Waals surface area contributed by atoms with Gasteiger partial charge in [0.25, 0.3) is 0 Å². The average molecular weight is 356 g/mol. The molecule has 0 aliphatic carbocycles.